The molecular formula is C36H46N14O14S. The zero-order valence-electron chi connectivity index (χ0n) is 34.0. The van der Waals surface area contributed by atoms with Crippen LogP contribution in [0, 0.1) is 5.41 Å². The number of nitrogens with one attached hydrogen (secondary N) is 9. The molecule has 1 aromatic carbocycles. The van der Waals surface area contributed by atoms with E-state index in [1.165, 1.54) is 30.5 Å². The molecule has 0 aliphatic carbocycles. The molecule has 0 spiro atoms. The Kier molecular flexibility index (Phi) is 19.3. The van der Waals surface area contributed by atoms with Crippen molar-refractivity contribution in [3.8, 4) is 0 Å². The number of hydrogen-bond donors (Lipinski definition) is 16. The summed E-state index contributed by atoms with van der Waals surface area (Å²) >= 11 is 3.82. The minimum Gasteiger partial charge on any atom is -0.481 e. The van der Waals surface area contributed by atoms with Crippen LogP contribution in [0.15, 0.2) is 35.3 Å². The Morgan fingerprint density at radius 3 is 1.89 bits per heavy atom. The predicted octanol–water partition coefficient (Wildman–Crippen LogP) is -3.96. The Morgan fingerprint density at radius 1 is 0.754 bits per heavy atom. The number of carboxylic acids is 4. The molecule has 3 rings (SSSR count). The van der Waals surface area contributed by atoms with Gasteiger partial charge in [-0.3, -0.25) is 48.7 Å². The van der Waals surface area contributed by atoms with Crippen LogP contribution in [0.5, 0.6) is 0 Å². The zero-order chi connectivity index (χ0) is 48.4. The molecule has 0 aliphatic heterocycles. The minimum atomic E-state index is -1.88. The fourth-order valence-corrected chi connectivity index (χ4v) is 5.84. The lowest BCUT2D eigenvalue weighted by molar-refractivity contribution is -0.143. The van der Waals surface area contributed by atoms with Crippen LogP contribution >= 0.6 is 12.6 Å². The van der Waals surface area contributed by atoms with Gasteiger partial charge in [0.15, 0.2) is 17.1 Å². The van der Waals surface area contributed by atoms with E-state index in [1.807, 2.05) is 5.32 Å². The fraction of sp³-hybridized carbons (Fsp3) is 0.389. The fourth-order valence-electron chi connectivity index (χ4n) is 5.60. The van der Waals surface area contributed by atoms with E-state index in [1.54, 1.807) is 0 Å². The lowest BCUT2D eigenvalue weighted by Crippen LogP contribution is -2.58. The number of guanidine groups is 1. The first kappa shape index (κ1) is 51.2. The molecule has 28 nitrogen and oxygen atoms in total. The number of nitrogen functional groups attached to an aromatic ring is 1. The molecule has 0 saturated heterocycles. The number of hydrogen-bond acceptors (Lipinski definition) is 17. The van der Waals surface area contributed by atoms with E-state index in [0.29, 0.717) is 11.4 Å². The number of aliphatic carboxylic acids is 4. The maximum atomic E-state index is 13.4. The van der Waals surface area contributed by atoms with Crippen LogP contribution in [0.2, 0.25) is 0 Å². The highest BCUT2D eigenvalue weighted by atomic mass is 32.1. The van der Waals surface area contributed by atoms with Gasteiger partial charge in [0.05, 0.1) is 31.3 Å². The largest absolute Gasteiger partial charge is 0.481 e. The third-order valence-corrected chi connectivity index (χ3v) is 9.19. The molecule has 0 radical (unpaired) electrons. The van der Waals surface area contributed by atoms with Gasteiger partial charge in [0.1, 0.15) is 30.2 Å². The third-order valence-electron chi connectivity index (χ3n) is 8.83. The summed E-state index contributed by atoms with van der Waals surface area (Å²) in [5.41, 5.74) is 11.1. The van der Waals surface area contributed by atoms with Gasteiger partial charge in [0, 0.05) is 30.0 Å². The van der Waals surface area contributed by atoms with E-state index in [2.05, 4.69) is 64.5 Å². The monoisotopic (exact) mass is 930 g/mol. The van der Waals surface area contributed by atoms with Gasteiger partial charge in [-0.15, -0.1) is 0 Å². The number of rotatable bonds is 26. The Labute approximate surface area is 371 Å². The number of amides is 5. The number of carbonyl (C=O) groups is 9. The number of aromatic nitrogens is 4. The average Bonchev–Trinajstić information content (AvgIpc) is 3.23. The van der Waals surface area contributed by atoms with Crippen molar-refractivity contribution in [1.82, 2.24) is 51.8 Å². The summed E-state index contributed by atoms with van der Waals surface area (Å²) in [4.78, 5) is 139. The van der Waals surface area contributed by atoms with Crippen LogP contribution in [0.1, 0.15) is 54.6 Å². The first-order valence-electron chi connectivity index (χ1n) is 19.1. The molecule has 5 unspecified atom stereocenters. The number of nitrogens with zero attached hydrogens (tertiary/aromatic N) is 3. The highest BCUT2D eigenvalue weighted by Gasteiger charge is 2.33. The molecule has 29 heteroatoms. The molecule has 2 aromatic heterocycles. The highest BCUT2D eigenvalue weighted by molar-refractivity contribution is 7.80. The van der Waals surface area contributed by atoms with E-state index in [9.17, 15) is 68.4 Å². The van der Waals surface area contributed by atoms with Crippen molar-refractivity contribution in [3.05, 3.63) is 52.1 Å². The average molecular weight is 931 g/mol. The second-order valence-corrected chi connectivity index (χ2v) is 14.2. The van der Waals surface area contributed by atoms with Crippen LogP contribution in [0.25, 0.3) is 11.2 Å². The summed E-state index contributed by atoms with van der Waals surface area (Å²) in [6.07, 6.45) is -2.19. The standard InChI is InChI=1S/C36H46N14O14S/c37-35(38)40-9-1-2-18(29(57)47-21(11-25(54)55)31(59)48-22(14-65)34(63)64)45-30(58)20(10-24(52)53)44-23(51)8-7-19(33(61)62)46-28(56)15-3-5-16(6-4-15)41-12-17-13-42-27-26(43-17)32(60)50-36(39)49-27/h3-6,13,18-22,41,65H,1-2,7-12,14H2,(H,44,51)(H,45,58)(H,46,56)(H,47,57)(H,48,59)(H,52,53)(H,54,55)(H,61,62)(H,63,64)(H4,37,38,40)(H3,39,42,49,50,60). The third kappa shape index (κ3) is 16.9. The molecular weight excluding hydrogens is 885 g/mol. The van der Waals surface area contributed by atoms with Gasteiger partial charge < -0.3 is 69.1 Å². The minimum absolute atomic E-state index is 0.00528. The molecule has 0 fully saturated rings. The summed E-state index contributed by atoms with van der Waals surface area (Å²) in [6.45, 7) is 0.0783. The Morgan fingerprint density at radius 2 is 1.32 bits per heavy atom. The Hall–Kier alpha value is -8.11. The number of aromatic amines is 1. The normalized spacial score (nSPS) is 13.1. The highest BCUT2D eigenvalue weighted by Crippen LogP contribution is 2.13. The number of fused-ring (bicyclic) bond motifs is 1. The lowest BCUT2D eigenvalue weighted by Gasteiger charge is -2.25. The second kappa shape index (κ2) is 24.5. The van der Waals surface area contributed by atoms with Crippen LogP contribution in [-0.4, -0.2) is 142 Å². The maximum Gasteiger partial charge on any atom is 0.327 e. The first-order chi connectivity index (χ1) is 30.7. The summed E-state index contributed by atoms with van der Waals surface area (Å²) in [6, 6.07) is -2.88. The second-order valence-electron chi connectivity index (χ2n) is 13.8. The smallest absolute Gasteiger partial charge is 0.327 e. The Balaban J connectivity index is 1.65. The number of H-pyrrole nitrogens is 1. The van der Waals surface area contributed by atoms with Crippen molar-refractivity contribution in [2.24, 2.45) is 5.73 Å². The molecule has 2 heterocycles. The van der Waals surface area contributed by atoms with Crippen molar-refractivity contribution < 1.29 is 63.6 Å². The molecule has 5 amide bonds. The van der Waals surface area contributed by atoms with Gasteiger partial charge >= 0.3 is 23.9 Å². The number of benzene rings is 1. The molecule has 65 heavy (non-hydrogen) atoms. The van der Waals surface area contributed by atoms with E-state index < -0.39 is 127 Å². The molecule has 3 aromatic rings. The van der Waals surface area contributed by atoms with Gasteiger partial charge in [0.25, 0.3) is 11.5 Å². The lowest BCUT2D eigenvalue weighted by atomic mass is 10.1. The number of nitrogens with two attached hydrogens (primary N) is 2. The van der Waals surface area contributed by atoms with Crippen molar-refractivity contribution in [1.29, 1.82) is 5.41 Å². The van der Waals surface area contributed by atoms with Gasteiger partial charge in [-0.1, -0.05) is 0 Å². The zero-order valence-corrected chi connectivity index (χ0v) is 34.8. The van der Waals surface area contributed by atoms with E-state index in [-0.39, 0.29) is 48.6 Å². The number of carboxylic acid groups (broad SMARTS) is 4. The van der Waals surface area contributed by atoms with Crippen LogP contribution in [-0.2, 0) is 44.9 Å². The quantitative estimate of drug-likeness (QED) is 0.0158. The SMILES string of the molecule is N=C(N)NCCCC(NC(=O)C(CC(=O)O)NC(=O)CCC(NC(=O)c1ccc(NCc2cnc3nc(N)[nH]c(=O)c3n2)cc1)C(=O)O)C(=O)NC(CC(=O)O)C(=O)NC(CS)C(=O)O. The molecule has 0 bridgehead atoms. The van der Waals surface area contributed by atoms with Crippen LogP contribution < -0.4 is 54.2 Å². The van der Waals surface area contributed by atoms with Crippen molar-refractivity contribution >= 4 is 94.8 Å². The first-order valence-corrected chi connectivity index (χ1v) is 19.7. The molecule has 17 N–H and O–H groups in total. The number of carbonyl (C=O) groups excluding carboxylic acids is 5. The maximum absolute atomic E-state index is 13.4. The van der Waals surface area contributed by atoms with Crippen LogP contribution in [0.4, 0.5) is 11.6 Å². The van der Waals surface area contributed by atoms with Crippen molar-refractivity contribution in [3.63, 3.8) is 0 Å². The molecule has 0 saturated carbocycles. The number of thiol groups is 1. The van der Waals surface area contributed by atoms with Crippen molar-refractivity contribution in [2.75, 3.05) is 23.3 Å². The molecule has 5 atom stereocenters. The summed E-state index contributed by atoms with van der Waals surface area (Å²) < 4.78 is 0. The predicted molar refractivity (Wildman–Crippen MR) is 227 cm³/mol. The van der Waals surface area contributed by atoms with Gasteiger partial charge in [-0.2, -0.15) is 17.6 Å². The van der Waals surface area contributed by atoms with E-state index >= 15 is 0 Å². The van der Waals surface area contributed by atoms with Crippen LogP contribution in [0.3, 0.4) is 0 Å². The van der Waals surface area contributed by atoms with Gasteiger partial charge in [-0.25, -0.2) is 19.6 Å². The van der Waals surface area contributed by atoms with Crippen molar-refractivity contribution in [2.45, 2.75) is 75.3 Å². The molecule has 0 aliphatic rings. The number of anilines is 2. The van der Waals surface area contributed by atoms with Gasteiger partial charge in [-0.05, 0) is 43.5 Å². The molecule has 350 valence electrons. The summed E-state index contributed by atoms with van der Waals surface area (Å²) in [7, 11) is 0. The van der Waals surface area contributed by atoms with Gasteiger partial charge in [0.2, 0.25) is 29.6 Å². The Bertz CT molecular complexity index is 2350. The van der Waals surface area contributed by atoms with E-state index in [4.69, 9.17) is 16.9 Å². The topological polar surface area (TPSA) is 466 Å². The summed E-state index contributed by atoms with van der Waals surface area (Å²) in [5.74, 6) is -12.7. The summed E-state index contributed by atoms with van der Waals surface area (Å²) in [5, 5.41) is 61.5. The van der Waals surface area contributed by atoms with E-state index in [0.717, 1.165) is 0 Å².